The lowest BCUT2D eigenvalue weighted by Gasteiger charge is -1.92. The normalized spacial score (nSPS) is 9.17. The van der Waals surface area contributed by atoms with Crippen LogP contribution in [-0.2, 0) is 14.3 Å². The number of aliphatic carboxylic acids is 1. The van der Waals surface area contributed by atoms with Crippen molar-refractivity contribution in [2.24, 2.45) is 0 Å². The molecule has 4 nitrogen and oxygen atoms in total. The second-order valence-electron chi connectivity index (χ2n) is 3.04. The third kappa shape index (κ3) is 8.91. The Hall–Kier alpha value is -2.36. The SMILES string of the molecule is C=Cc1ccccc1.CCOC(=O)/C=C/C(=O)O. The van der Waals surface area contributed by atoms with Gasteiger partial charge in [-0.1, -0.05) is 43.0 Å². The molecule has 0 spiro atoms. The molecule has 0 aliphatic rings. The van der Waals surface area contributed by atoms with Gasteiger partial charge < -0.3 is 9.84 Å². The van der Waals surface area contributed by atoms with Gasteiger partial charge in [-0.3, -0.25) is 0 Å². The molecule has 0 aliphatic heterocycles. The number of hydrogen-bond acceptors (Lipinski definition) is 3. The van der Waals surface area contributed by atoms with Crippen LogP contribution in [0.5, 0.6) is 0 Å². The second kappa shape index (κ2) is 9.84. The highest BCUT2D eigenvalue weighted by molar-refractivity contribution is 5.90. The van der Waals surface area contributed by atoms with E-state index < -0.39 is 11.9 Å². The summed E-state index contributed by atoms with van der Waals surface area (Å²) < 4.78 is 4.40. The first kappa shape index (κ1) is 15.6. The zero-order valence-electron chi connectivity index (χ0n) is 10.2. The fourth-order valence-corrected chi connectivity index (χ4v) is 0.919. The van der Waals surface area contributed by atoms with E-state index in [1.54, 1.807) is 6.92 Å². The number of hydrogen-bond donors (Lipinski definition) is 1. The number of carbonyl (C=O) groups is 2. The summed E-state index contributed by atoms with van der Waals surface area (Å²) in [6.07, 6.45) is 3.43. The molecule has 0 unspecified atom stereocenters. The van der Waals surface area contributed by atoms with Crippen LogP contribution in [0.2, 0.25) is 0 Å². The highest BCUT2D eigenvalue weighted by atomic mass is 16.5. The molecule has 0 aromatic heterocycles. The molecular formula is C14H16O4. The molecule has 1 aromatic rings. The van der Waals surface area contributed by atoms with Gasteiger partial charge in [-0.05, 0) is 12.5 Å². The van der Waals surface area contributed by atoms with Crippen LogP contribution >= 0.6 is 0 Å². The maximum Gasteiger partial charge on any atom is 0.330 e. The first-order valence-electron chi connectivity index (χ1n) is 5.35. The molecule has 0 saturated carbocycles. The van der Waals surface area contributed by atoms with Crippen molar-refractivity contribution in [2.75, 3.05) is 6.61 Å². The summed E-state index contributed by atoms with van der Waals surface area (Å²) in [5.74, 6) is -1.79. The van der Waals surface area contributed by atoms with Crippen molar-refractivity contribution in [2.45, 2.75) is 6.92 Å². The topological polar surface area (TPSA) is 63.6 Å². The van der Waals surface area contributed by atoms with Crippen molar-refractivity contribution in [3.63, 3.8) is 0 Å². The monoisotopic (exact) mass is 248 g/mol. The summed E-state index contributed by atoms with van der Waals surface area (Å²) in [6, 6.07) is 10.0. The smallest absolute Gasteiger partial charge is 0.330 e. The Labute approximate surface area is 106 Å². The molecule has 0 saturated heterocycles. The van der Waals surface area contributed by atoms with Crippen LogP contribution in [0.1, 0.15) is 12.5 Å². The number of benzene rings is 1. The number of carbonyl (C=O) groups excluding carboxylic acids is 1. The van der Waals surface area contributed by atoms with Gasteiger partial charge in [0.2, 0.25) is 0 Å². The Morgan fingerprint density at radius 1 is 1.28 bits per heavy atom. The molecule has 0 amide bonds. The summed E-state index contributed by atoms with van der Waals surface area (Å²) >= 11 is 0. The molecule has 0 aliphatic carbocycles. The summed E-state index contributed by atoms with van der Waals surface area (Å²) in [7, 11) is 0. The van der Waals surface area contributed by atoms with Gasteiger partial charge in [-0.25, -0.2) is 9.59 Å². The molecule has 18 heavy (non-hydrogen) atoms. The molecule has 1 N–H and O–H groups in total. The lowest BCUT2D eigenvalue weighted by molar-refractivity contribution is -0.138. The highest BCUT2D eigenvalue weighted by Crippen LogP contribution is 1.97. The van der Waals surface area contributed by atoms with Gasteiger partial charge >= 0.3 is 11.9 Å². The van der Waals surface area contributed by atoms with E-state index in [2.05, 4.69) is 11.3 Å². The molecule has 1 rings (SSSR count). The summed E-state index contributed by atoms with van der Waals surface area (Å²) in [5, 5.41) is 8.04. The van der Waals surface area contributed by atoms with Gasteiger partial charge in [0.05, 0.1) is 6.61 Å². The summed E-state index contributed by atoms with van der Waals surface area (Å²) in [5.41, 5.74) is 1.17. The maximum atomic E-state index is 10.4. The Kier molecular flexibility index (Phi) is 8.55. The minimum Gasteiger partial charge on any atom is -0.478 e. The fraction of sp³-hybridized carbons (Fsp3) is 0.143. The van der Waals surface area contributed by atoms with E-state index in [9.17, 15) is 9.59 Å². The van der Waals surface area contributed by atoms with Crippen molar-refractivity contribution < 1.29 is 19.4 Å². The number of ether oxygens (including phenoxy) is 1. The zero-order chi connectivity index (χ0) is 13.8. The summed E-state index contributed by atoms with van der Waals surface area (Å²) in [4.78, 5) is 20.2. The van der Waals surface area contributed by atoms with E-state index in [4.69, 9.17) is 5.11 Å². The minimum absolute atomic E-state index is 0.253. The van der Waals surface area contributed by atoms with Gasteiger partial charge in [-0.2, -0.15) is 0 Å². The molecule has 0 bridgehead atoms. The van der Waals surface area contributed by atoms with Crippen LogP contribution in [0.25, 0.3) is 6.08 Å². The van der Waals surface area contributed by atoms with Gasteiger partial charge in [0.1, 0.15) is 0 Å². The minimum atomic E-state index is -1.16. The number of esters is 1. The van der Waals surface area contributed by atoms with Gasteiger partial charge in [-0.15, -0.1) is 0 Å². The van der Waals surface area contributed by atoms with E-state index in [1.807, 2.05) is 36.4 Å². The number of carboxylic acids is 1. The predicted octanol–water partition coefficient (Wildman–Crippen LogP) is 2.52. The molecule has 0 fully saturated rings. The Morgan fingerprint density at radius 3 is 2.28 bits per heavy atom. The van der Waals surface area contributed by atoms with E-state index >= 15 is 0 Å². The lowest BCUT2D eigenvalue weighted by Crippen LogP contribution is -2.00. The molecule has 4 heteroatoms. The van der Waals surface area contributed by atoms with Crippen molar-refractivity contribution in [3.05, 3.63) is 54.6 Å². The van der Waals surface area contributed by atoms with E-state index in [0.717, 1.165) is 12.2 Å². The average molecular weight is 248 g/mol. The third-order valence-corrected chi connectivity index (χ3v) is 1.68. The van der Waals surface area contributed by atoms with Crippen LogP contribution in [-0.4, -0.2) is 23.7 Å². The van der Waals surface area contributed by atoms with E-state index in [0.29, 0.717) is 0 Å². The zero-order valence-corrected chi connectivity index (χ0v) is 10.2. The van der Waals surface area contributed by atoms with Crippen molar-refractivity contribution in [1.29, 1.82) is 0 Å². The second-order valence-corrected chi connectivity index (χ2v) is 3.04. The van der Waals surface area contributed by atoms with E-state index in [1.165, 1.54) is 5.56 Å². The molecule has 0 radical (unpaired) electrons. The fourth-order valence-electron chi connectivity index (χ4n) is 0.919. The predicted molar refractivity (Wildman–Crippen MR) is 69.9 cm³/mol. The van der Waals surface area contributed by atoms with Crippen LogP contribution < -0.4 is 0 Å². The molecule has 1 aromatic carbocycles. The van der Waals surface area contributed by atoms with Crippen molar-refractivity contribution in [1.82, 2.24) is 0 Å². The molecule has 0 heterocycles. The molecule has 96 valence electrons. The lowest BCUT2D eigenvalue weighted by atomic mass is 10.2. The third-order valence-electron chi connectivity index (χ3n) is 1.68. The number of rotatable bonds is 4. The Bertz CT molecular complexity index is 407. The standard InChI is InChI=1S/C8H8.C6H8O4/c1-2-8-6-4-3-5-7-8;1-2-10-6(9)4-3-5(7)8/h2-7H,1H2;3-4H,2H2,1H3,(H,7,8)/b;4-3+. The first-order chi connectivity index (χ1) is 8.60. The van der Waals surface area contributed by atoms with Crippen LogP contribution in [0.3, 0.4) is 0 Å². The largest absolute Gasteiger partial charge is 0.478 e. The Balaban J connectivity index is 0.000000327. The van der Waals surface area contributed by atoms with Crippen molar-refractivity contribution >= 4 is 18.0 Å². The Morgan fingerprint density at radius 2 is 1.89 bits per heavy atom. The highest BCUT2D eigenvalue weighted by Gasteiger charge is 1.94. The summed E-state index contributed by atoms with van der Waals surface area (Å²) in [6.45, 7) is 5.53. The van der Waals surface area contributed by atoms with Crippen LogP contribution in [0.4, 0.5) is 0 Å². The van der Waals surface area contributed by atoms with Gasteiger partial charge in [0.25, 0.3) is 0 Å². The van der Waals surface area contributed by atoms with Crippen molar-refractivity contribution in [3.8, 4) is 0 Å². The maximum absolute atomic E-state index is 10.4. The number of carboxylic acid groups (broad SMARTS) is 1. The average Bonchev–Trinajstić information content (AvgIpc) is 2.38. The van der Waals surface area contributed by atoms with E-state index in [-0.39, 0.29) is 6.61 Å². The van der Waals surface area contributed by atoms with Gasteiger partial charge in [0.15, 0.2) is 0 Å². The van der Waals surface area contributed by atoms with Crippen LogP contribution in [0.15, 0.2) is 49.1 Å². The van der Waals surface area contributed by atoms with Crippen LogP contribution in [0, 0.1) is 0 Å². The van der Waals surface area contributed by atoms with Gasteiger partial charge in [0, 0.05) is 12.2 Å². The molecule has 0 atom stereocenters. The first-order valence-corrected chi connectivity index (χ1v) is 5.35. The quantitative estimate of drug-likeness (QED) is 0.657. The molecular weight excluding hydrogens is 232 g/mol.